The van der Waals surface area contributed by atoms with E-state index >= 15 is 0 Å². The third kappa shape index (κ3) is 2.00. The van der Waals surface area contributed by atoms with Crippen LogP contribution < -0.4 is 5.56 Å². The lowest BCUT2D eigenvalue weighted by molar-refractivity contribution is -0.119. The van der Waals surface area contributed by atoms with Crippen LogP contribution in [0.15, 0.2) is 11.1 Å². The number of thiophene rings is 1. The predicted molar refractivity (Wildman–Crippen MR) is 80.5 cm³/mol. The van der Waals surface area contributed by atoms with Gasteiger partial charge in [-0.05, 0) is 44.6 Å². The Morgan fingerprint density at radius 1 is 1.55 bits per heavy atom. The molecule has 0 aromatic carbocycles. The molecule has 1 aliphatic rings. The van der Waals surface area contributed by atoms with E-state index in [1.54, 1.807) is 18.3 Å². The molecule has 2 atom stereocenters. The summed E-state index contributed by atoms with van der Waals surface area (Å²) in [6, 6.07) is -0.447. The van der Waals surface area contributed by atoms with E-state index in [0.29, 0.717) is 5.92 Å². The highest BCUT2D eigenvalue weighted by atomic mass is 32.1. The van der Waals surface area contributed by atoms with Gasteiger partial charge in [0.05, 0.1) is 17.8 Å². The first-order valence-corrected chi connectivity index (χ1v) is 7.82. The van der Waals surface area contributed by atoms with Crippen molar-refractivity contribution in [2.75, 3.05) is 0 Å². The van der Waals surface area contributed by atoms with Crippen molar-refractivity contribution in [1.82, 2.24) is 9.55 Å². The van der Waals surface area contributed by atoms with Gasteiger partial charge < -0.3 is 0 Å². The zero-order chi connectivity index (χ0) is 14.4. The van der Waals surface area contributed by atoms with Crippen LogP contribution in [0.5, 0.6) is 0 Å². The first kappa shape index (κ1) is 13.5. The Balaban J connectivity index is 2.23. The van der Waals surface area contributed by atoms with Crippen LogP contribution in [0.1, 0.15) is 43.7 Å². The number of hydrogen-bond donors (Lipinski definition) is 0. The minimum Gasteiger partial charge on any atom is -0.298 e. The van der Waals surface area contributed by atoms with Crippen LogP contribution in [0.3, 0.4) is 0 Å². The van der Waals surface area contributed by atoms with Crippen molar-refractivity contribution in [2.45, 2.75) is 46.1 Å². The number of carbonyl (C=O) groups is 1. The Kier molecular flexibility index (Phi) is 3.24. The van der Waals surface area contributed by atoms with Crippen LogP contribution in [0, 0.1) is 5.92 Å². The molecule has 0 saturated carbocycles. The molecule has 5 heteroatoms. The fraction of sp³-hybridized carbons (Fsp3) is 0.533. The molecule has 0 unspecified atom stereocenters. The molecule has 0 amide bonds. The van der Waals surface area contributed by atoms with Gasteiger partial charge in [-0.3, -0.25) is 14.2 Å². The van der Waals surface area contributed by atoms with E-state index in [4.69, 9.17) is 0 Å². The van der Waals surface area contributed by atoms with Crippen molar-refractivity contribution in [3.8, 4) is 0 Å². The molecule has 2 aromatic heterocycles. The van der Waals surface area contributed by atoms with E-state index in [1.165, 1.54) is 28.3 Å². The summed E-state index contributed by atoms with van der Waals surface area (Å²) in [5, 5.41) is 0.743. The van der Waals surface area contributed by atoms with Gasteiger partial charge in [0.2, 0.25) is 0 Å². The van der Waals surface area contributed by atoms with Crippen molar-refractivity contribution < 1.29 is 4.79 Å². The van der Waals surface area contributed by atoms with Crippen molar-refractivity contribution in [3.05, 3.63) is 27.1 Å². The molecule has 0 bridgehead atoms. The first-order valence-electron chi connectivity index (χ1n) is 7.01. The summed E-state index contributed by atoms with van der Waals surface area (Å²) in [5.41, 5.74) is 1.11. The molecule has 1 aliphatic carbocycles. The highest BCUT2D eigenvalue weighted by Crippen LogP contribution is 2.35. The number of fused-ring (bicyclic) bond motifs is 3. The summed E-state index contributed by atoms with van der Waals surface area (Å²) in [4.78, 5) is 30.7. The lowest BCUT2D eigenvalue weighted by Gasteiger charge is -2.17. The second kappa shape index (κ2) is 4.81. The number of aryl methyl sites for hydroxylation is 1. The van der Waals surface area contributed by atoms with E-state index in [9.17, 15) is 9.59 Å². The van der Waals surface area contributed by atoms with Gasteiger partial charge in [-0.1, -0.05) is 6.92 Å². The van der Waals surface area contributed by atoms with Crippen LogP contribution in [0.4, 0.5) is 0 Å². The lowest BCUT2D eigenvalue weighted by atomic mass is 9.89. The summed E-state index contributed by atoms with van der Waals surface area (Å²) in [7, 11) is 0. The van der Waals surface area contributed by atoms with Crippen molar-refractivity contribution in [1.29, 1.82) is 0 Å². The quantitative estimate of drug-likeness (QED) is 0.854. The average Bonchev–Trinajstić information content (AvgIpc) is 2.76. The van der Waals surface area contributed by atoms with Gasteiger partial charge in [0.25, 0.3) is 5.56 Å². The molecule has 4 nitrogen and oxygen atoms in total. The molecule has 0 N–H and O–H groups in total. The van der Waals surface area contributed by atoms with Crippen LogP contribution in [0.25, 0.3) is 10.2 Å². The number of rotatable bonds is 2. The molecule has 0 spiro atoms. The molecule has 2 heterocycles. The zero-order valence-electron chi connectivity index (χ0n) is 12.0. The summed E-state index contributed by atoms with van der Waals surface area (Å²) < 4.78 is 1.47. The fourth-order valence-electron chi connectivity index (χ4n) is 2.82. The van der Waals surface area contributed by atoms with Crippen LogP contribution in [-0.4, -0.2) is 15.3 Å². The molecule has 20 heavy (non-hydrogen) atoms. The molecule has 0 radical (unpaired) electrons. The molecule has 2 aromatic rings. The van der Waals surface area contributed by atoms with E-state index in [0.717, 1.165) is 29.5 Å². The second-order valence-corrected chi connectivity index (χ2v) is 6.86. The normalized spacial score (nSPS) is 19.9. The molecule has 0 saturated heterocycles. The maximum atomic E-state index is 12.7. The summed E-state index contributed by atoms with van der Waals surface area (Å²) in [6.45, 7) is 5.50. The average molecular weight is 290 g/mol. The molecular formula is C15H18N2O2S. The van der Waals surface area contributed by atoms with E-state index in [2.05, 4.69) is 11.9 Å². The Morgan fingerprint density at radius 3 is 3.00 bits per heavy atom. The van der Waals surface area contributed by atoms with Crippen LogP contribution >= 0.6 is 11.3 Å². The Morgan fingerprint density at radius 2 is 2.30 bits per heavy atom. The Hall–Kier alpha value is -1.49. The van der Waals surface area contributed by atoms with Gasteiger partial charge >= 0.3 is 0 Å². The largest absolute Gasteiger partial charge is 0.298 e. The van der Waals surface area contributed by atoms with E-state index < -0.39 is 6.04 Å². The van der Waals surface area contributed by atoms with Crippen molar-refractivity contribution >= 4 is 27.3 Å². The lowest BCUT2D eigenvalue weighted by Crippen LogP contribution is -2.27. The van der Waals surface area contributed by atoms with Gasteiger partial charge in [-0.25, -0.2) is 4.98 Å². The standard InChI is InChI=1S/C15H18N2O2S/c1-8-4-5-11-12(6-8)20-14-13(11)15(19)17(7-16-14)9(2)10(3)18/h7-9H,4-6H2,1-3H3/t8-,9+/m0/s1. The number of aromatic nitrogens is 2. The van der Waals surface area contributed by atoms with Gasteiger partial charge in [-0.2, -0.15) is 0 Å². The summed E-state index contributed by atoms with van der Waals surface area (Å²) >= 11 is 1.64. The van der Waals surface area contributed by atoms with Gasteiger partial charge in [0.15, 0.2) is 5.78 Å². The minimum absolute atomic E-state index is 0.0223. The van der Waals surface area contributed by atoms with E-state index in [-0.39, 0.29) is 11.3 Å². The van der Waals surface area contributed by atoms with Crippen molar-refractivity contribution in [3.63, 3.8) is 0 Å². The molecule has 0 fully saturated rings. The monoisotopic (exact) mass is 290 g/mol. The third-order valence-corrected chi connectivity index (χ3v) is 5.41. The van der Waals surface area contributed by atoms with Gasteiger partial charge in [-0.15, -0.1) is 11.3 Å². The summed E-state index contributed by atoms with van der Waals surface area (Å²) in [5.74, 6) is 0.653. The molecule has 0 aliphatic heterocycles. The van der Waals surface area contributed by atoms with Crippen molar-refractivity contribution in [2.24, 2.45) is 5.92 Å². The van der Waals surface area contributed by atoms with E-state index in [1.807, 2.05) is 0 Å². The molecule has 106 valence electrons. The Bertz CT molecular complexity index is 744. The SMILES string of the molecule is CC(=O)[C@@H](C)n1cnc2sc3c(c2c1=O)CC[C@H](C)C3. The van der Waals surface area contributed by atoms with Gasteiger partial charge in [0.1, 0.15) is 4.83 Å². The fourth-order valence-corrected chi connectivity index (χ4v) is 4.16. The molecular weight excluding hydrogens is 272 g/mol. The highest BCUT2D eigenvalue weighted by Gasteiger charge is 2.24. The molecule has 3 rings (SSSR count). The first-order chi connectivity index (χ1) is 9.49. The number of Topliss-reactive ketones (excluding diaryl/α,β-unsaturated/α-hetero) is 1. The topological polar surface area (TPSA) is 52.0 Å². The maximum absolute atomic E-state index is 12.7. The summed E-state index contributed by atoms with van der Waals surface area (Å²) in [6.07, 6.45) is 4.63. The number of nitrogens with zero attached hydrogens (tertiary/aromatic N) is 2. The minimum atomic E-state index is -0.447. The number of ketones is 1. The number of carbonyl (C=O) groups excluding carboxylic acids is 1. The highest BCUT2D eigenvalue weighted by molar-refractivity contribution is 7.18. The smallest absolute Gasteiger partial charge is 0.263 e. The predicted octanol–water partition coefficient (Wildman–Crippen LogP) is 2.73. The third-order valence-electron chi connectivity index (χ3n) is 4.25. The second-order valence-electron chi connectivity index (χ2n) is 5.78. The Labute approximate surface area is 121 Å². The van der Waals surface area contributed by atoms with Crippen LogP contribution in [-0.2, 0) is 17.6 Å². The zero-order valence-corrected chi connectivity index (χ0v) is 12.8. The van der Waals surface area contributed by atoms with Gasteiger partial charge in [0, 0.05) is 4.88 Å². The maximum Gasteiger partial charge on any atom is 0.263 e. The van der Waals surface area contributed by atoms with Crippen LogP contribution in [0.2, 0.25) is 0 Å². The number of hydrogen-bond acceptors (Lipinski definition) is 4.